The second-order valence-electron chi connectivity index (χ2n) is 3.32. The van der Waals surface area contributed by atoms with E-state index in [4.69, 9.17) is 14.2 Å². The number of hydrogen-bond acceptors (Lipinski definition) is 6. The highest BCUT2D eigenvalue weighted by atomic mass is 16.6. The van der Waals surface area contributed by atoms with E-state index < -0.39 is 30.4 Å². The van der Waals surface area contributed by atoms with E-state index in [2.05, 4.69) is 0 Å². The third-order valence-corrected chi connectivity index (χ3v) is 1.94. The maximum atomic E-state index is 10.8. The Hall–Kier alpha value is -1.14. The number of aliphatic hydroxyl groups excluding tert-OH is 1. The summed E-state index contributed by atoms with van der Waals surface area (Å²) in [6, 6.07) is 0. The zero-order valence-corrected chi connectivity index (χ0v) is 8.63. The van der Waals surface area contributed by atoms with Gasteiger partial charge in [0, 0.05) is 20.3 Å². The molecular weight excluding hydrogens is 204 g/mol. The molecular formula is C9H14O6. The van der Waals surface area contributed by atoms with Gasteiger partial charge in [-0.05, 0) is 0 Å². The van der Waals surface area contributed by atoms with Gasteiger partial charge in [-0.1, -0.05) is 0 Å². The van der Waals surface area contributed by atoms with Crippen LogP contribution in [0.5, 0.6) is 0 Å². The number of esters is 2. The molecule has 3 atom stereocenters. The summed E-state index contributed by atoms with van der Waals surface area (Å²) < 4.78 is 14.7. The van der Waals surface area contributed by atoms with Crippen molar-refractivity contribution >= 4 is 11.9 Å². The number of carbonyl (C=O) groups excluding carboxylic acids is 2. The van der Waals surface area contributed by atoms with Gasteiger partial charge in [-0.25, -0.2) is 0 Å². The normalized spacial score (nSPS) is 30.7. The van der Waals surface area contributed by atoms with E-state index in [-0.39, 0.29) is 13.0 Å². The van der Waals surface area contributed by atoms with Gasteiger partial charge in [0.05, 0.1) is 6.61 Å². The molecule has 1 N–H and O–H groups in total. The fraction of sp³-hybridized carbons (Fsp3) is 0.778. The summed E-state index contributed by atoms with van der Waals surface area (Å²) >= 11 is 0. The van der Waals surface area contributed by atoms with E-state index in [1.165, 1.54) is 13.8 Å². The first-order chi connectivity index (χ1) is 6.99. The molecule has 0 aromatic heterocycles. The summed E-state index contributed by atoms with van der Waals surface area (Å²) in [6.45, 7) is 2.54. The van der Waals surface area contributed by atoms with Gasteiger partial charge < -0.3 is 19.3 Å². The molecule has 1 fully saturated rings. The molecule has 0 aromatic rings. The van der Waals surface area contributed by atoms with Gasteiger partial charge in [-0.2, -0.15) is 0 Å². The van der Waals surface area contributed by atoms with Crippen LogP contribution in [0.25, 0.3) is 0 Å². The average Bonchev–Trinajstić information content (AvgIpc) is 2.08. The summed E-state index contributed by atoms with van der Waals surface area (Å²) in [5.41, 5.74) is 0. The Kier molecular flexibility index (Phi) is 4.05. The van der Waals surface area contributed by atoms with Crippen LogP contribution in [-0.2, 0) is 23.8 Å². The monoisotopic (exact) mass is 218 g/mol. The molecule has 1 aliphatic heterocycles. The second kappa shape index (κ2) is 5.09. The molecule has 0 spiro atoms. The van der Waals surface area contributed by atoms with Gasteiger partial charge in [0.2, 0.25) is 0 Å². The SMILES string of the molecule is CC(=O)O[C@H]1CO[C@@H](O)C[C@@H]1OC(C)=O. The second-order valence-corrected chi connectivity index (χ2v) is 3.32. The van der Waals surface area contributed by atoms with Crippen molar-refractivity contribution in [2.75, 3.05) is 6.61 Å². The molecule has 1 saturated heterocycles. The van der Waals surface area contributed by atoms with Gasteiger partial charge in [-0.3, -0.25) is 9.59 Å². The standard InChI is InChI=1S/C9H14O6/c1-5(10)14-7-3-9(12)13-4-8(7)15-6(2)11/h7-9,12H,3-4H2,1-2H3/t7-,8-,9+/m0/s1. The number of aliphatic hydroxyl groups is 1. The number of rotatable bonds is 2. The Morgan fingerprint density at radius 3 is 2.27 bits per heavy atom. The molecule has 0 aromatic carbocycles. The van der Waals surface area contributed by atoms with E-state index in [1.54, 1.807) is 0 Å². The molecule has 15 heavy (non-hydrogen) atoms. The molecule has 1 rings (SSSR count). The van der Waals surface area contributed by atoms with Crippen molar-refractivity contribution in [3.8, 4) is 0 Å². The Labute approximate surface area is 87.1 Å². The Morgan fingerprint density at radius 1 is 1.20 bits per heavy atom. The van der Waals surface area contributed by atoms with E-state index in [0.717, 1.165) is 0 Å². The molecule has 6 nitrogen and oxygen atoms in total. The molecule has 0 aliphatic carbocycles. The highest BCUT2D eigenvalue weighted by Gasteiger charge is 2.34. The molecule has 0 unspecified atom stereocenters. The van der Waals surface area contributed by atoms with Crippen molar-refractivity contribution in [2.24, 2.45) is 0 Å². The first-order valence-electron chi connectivity index (χ1n) is 4.63. The van der Waals surface area contributed by atoms with Crippen LogP contribution in [0.3, 0.4) is 0 Å². The van der Waals surface area contributed by atoms with Gasteiger partial charge in [0.1, 0.15) is 6.10 Å². The van der Waals surface area contributed by atoms with E-state index in [9.17, 15) is 14.7 Å². The third-order valence-electron chi connectivity index (χ3n) is 1.94. The topological polar surface area (TPSA) is 82.1 Å². The molecule has 0 amide bonds. The fourth-order valence-corrected chi connectivity index (χ4v) is 1.39. The third kappa shape index (κ3) is 3.85. The van der Waals surface area contributed by atoms with E-state index >= 15 is 0 Å². The Morgan fingerprint density at radius 2 is 1.73 bits per heavy atom. The Balaban J connectivity index is 2.57. The molecule has 0 radical (unpaired) electrons. The summed E-state index contributed by atoms with van der Waals surface area (Å²) in [5.74, 6) is -0.955. The van der Waals surface area contributed by atoms with Crippen molar-refractivity contribution in [1.29, 1.82) is 0 Å². The van der Waals surface area contributed by atoms with Gasteiger partial charge >= 0.3 is 11.9 Å². The van der Waals surface area contributed by atoms with Gasteiger partial charge in [0.25, 0.3) is 0 Å². The predicted molar refractivity (Wildman–Crippen MR) is 47.7 cm³/mol. The van der Waals surface area contributed by atoms with Crippen LogP contribution in [0.2, 0.25) is 0 Å². The van der Waals surface area contributed by atoms with Crippen LogP contribution in [0.15, 0.2) is 0 Å². The average molecular weight is 218 g/mol. The lowest BCUT2D eigenvalue weighted by Crippen LogP contribution is -2.45. The summed E-state index contributed by atoms with van der Waals surface area (Å²) in [7, 11) is 0. The van der Waals surface area contributed by atoms with Crippen LogP contribution in [0.1, 0.15) is 20.3 Å². The summed E-state index contributed by atoms with van der Waals surface area (Å²) in [4.78, 5) is 21.5. The zero-order chi connectivity index (χ0) is 11.4. The molecule has 0 saturated carbocycles. The minimum Gasteiger partial charge on any atom is -0.458 e. The summed E-state index contributed by atoms with van der Waals surface area (Å²) in [5, 5.41) is 9.19. The maximum Gasteiger partial charge on any atom is 0.303 e. The largest absolute Gasteiger partial charge is 0.458 e. The zero-order valence-electron chi connectivity index (χ0n) is 8.63. The van der Waals surface area contributed by atoms with Crippen molar-refractivity contribution in [3.05, 3.63) is 0 Å². The van der Waals surface area contributed by atoms with Crippen molar-refractivity contribution in [1.82, 2.24) is 0 Å². The lowest BCUT2D eigenvalue weighted by Gasteiger charge is -2.32. The minimum atomic E-state index is -0.985. The molecule has 1 heterocycles. The van der Waals surface area contributed by atoms with Crippen LogP contribution in [0, 0.1) is 0 Å². The summed E-state index contributed by atoms with van der Waals surface area (Å²) in [6.07, 6.45) is -2.16. The predicted octanol–water partition coefficient (Wildman–Crippen LogP) is -0.412. The smallest absolute Gasteiger partial charge is 0.303 e. The van der Waals surface area contributed by atoms with Crippen molar-refractivity contribution in [2.45, 2.75) is 38.8 Å². The molecule has 86 valence electrons. The van der Waals surface area contributed by atoms with Crippen LogP contribution >= 0.6 is 0 Å². The van der Waals surface area contributed by atoms with Gasteiger partial charge in [0.15, 0.2) is 12.4 Å². The highest BCUT2D eigenvalue weighted by Crippen LogP contribution is 2.19. The lowest BCUT2D eigenvalue weighted by molar-refractivity contribution is -0.216. The fourth-order valence-electron chi connectivity index (χ4n) is 1.39. The van der Waals surface area contributed by atoms with Crippen LogP contribution < -0.4 is 0 Å². The number of ether oxygens (including phenoxy) is 3. The number of hydrogen-bond donors (Lipinski definition) is 1. The van der Waals surface area contributed by atoms with E-state index in [1.807, 2.05) is 0 Å². The minimum absolute atomic E-state index is 0.0265. The molecule has 1 aliphatic rings. The maximum absolute atomic E-state index is 10.8. The molecule has 0 bridgehead atoms. The first kappa shape index (κ1) is 11.9. The molecule has 6 heteroatoms. The van der Waals surface area contributed by atoms with Crippen molar-refractivity contribution < 1.29 is 28.9 Å². The quantitative estimate of drug-likeness (QED) is 0.634. The Bertz CT molecular complexity index is 251. The lowest BCUT2D eigenvalue weighted by atomic mass is 10.1. The number of carbonyl (C=O) groups is 2. The van der Waals surface area contributed by atoms with Crippen LogP contribution in [0.4, 0.5) is 0 Å². The van der Waals surface area contributed by atoms with Gasteiger partial charge in [-0.15, -0.1) is 0 Å². The highest BCUT2D eigenvalue weighted by molar-refractivity contribution is 5.67. The van der Waals surface area contributed by atoms with E-state index in [0.29, 0.717) is 0 Å². The van der Waals surface area contributed by atoms with Crippen LogP contribution in [-0.4, -0.2) is 42.1 Å². The first-order valence-corrected chi connectivity index (χ1v) is 4.63. The van der Waals surface area contributed by atoms with Crippen molar-refractivity contribution in [3.63, 3.8) is 0 Å².